The molecule has 0 heterocycles. The van der Waals surface area contributed by atoms with Crippen molar-refractivity contribution in [2.75, 3.05) is 13.2 Å². The first-order valence-corrected chi connectivity index (χ1v) is 31.8. The highest BCUT2D eigenvalue weighted by atomic mass is 16.5. The number of aliphatic hydroxyl groups is 2. The molecule has 0 rings (SSSR count). The van der Waals surface area contributed by atoms with Crippen molar-refractivity contribution in [1.82, 2.24) is 5.32 Å². The van der Waals surface area contributed by atoms with Crippen LogP contribution in [0.25, 0.3) is 0 Å². The van der Waals surface area contributed by atoms with Gasteiger partial charge < -0.3 is 20.3 Å². The molecule has 0 aliphatic carbocycles. The number of rotatable bonds is 60. The Bertz CT molecular complexity index is 990. The molecule has 69 heavy (non-hydrogen) atoms. The number of carbonyl (C=O) groups is 2. The second-order valence-electron chi connectivity index (χ2n) is 22.1. The minimum atomic E-state index is -0.659. The molecule has 412 valence electrons. The predicted molar refractivity (Wildman–Crippen MR) is 301 cm³/mol. The quantitative estimate of drug-likeness (QED) is 0.0417. The van der Waals surface area contributed by atoms with Gasteiger partial charge in [0.2, 0.25) is 5.91 Å². The summed E-state index contributed by atoms with van der Waals surface area (Å²) in [5.41, 5.74) is 0. The maximum absolute atomic E-state index is 12.4. The number of carbonyl (C=O) groups excluding carboxylic acids is 2. The molecule has 0 saturated carbocycles. The predicted octanol–water partition coefficient (Wildman–Crippen LogP) is 19.9. The molecule has 0 aromatic rings. The Hall–Kier alpha value is -1.14. The molecule has 0 spiro atoms. The van der Waals surface area contributed by atoms with Crippen LogP contribution in [-0.2, 0) is 14.3 Å². The lowest BCUT2D eigenvalue weighted by Crippen LogP contribution is -2.45. The van der Waals surface area contributed by atoms with E-state index in [0.717, 1.165) is 38.5 Å². The fraction of sp³-hybridized carbons (Fsp3) is 0.968. The molecule has 0 saturated heterocycles. The van der Waals surface area contributed by atoms with Crippen molar-refractivity contribution in [2.45, 2.75) is 379 Å². The molecule has 2 atom stereocenters. The number of nitrogens with one attached hydrogen (secondary N) is 1. The first-order chi connectivity index (χ1) is 34.0. The summed E-state index contributed by atoms with van der Waals surface area (Å²) in [4.78, 5) is 24.5. The van der Waals surface area contributed by atoms with Gasteiger partial charge in [0.25, 0.3) is 0 Å². The molecule has 0 radical (unpaired) electrons. The van der Waals surface area contributed by atoms with Crippen molar-refractivity contribution < 1.29 is 24.5 Å². The molecule has 3 N–H and O–H groups in total. The number of amides is 1. The normalized spacial score (nSPS) is 12.5. The van der Waals surface area contributed by atoms with Crippen LogP contribution in [0.4, 0.5) is 0 Å². The van der Waals surface area contributed by atoms with Gasteiger partial charge in [0.1, 0.15) is 0 Å². The topological polar surface area (TPSA) is 95.9 Å². The minimum Gasteiger partial charge on any atom is -0.466 e. The monoisotopic (exact) mass is 976 g/mol. The van der Waals surface area contributed by atoms with Crippen LogP contribution in [-0.4, -0.2) is 47.4 Å². The highest BCUT2D eigenvalue weighted by molar-refractivity contribution is 5.76. The van der Waals surface area contributed by atoms with Crippen molar-refractivity contribution in [2.24, 2.45) is 0 Å². The maximum Gasteiger partial charge on any atom is 0.305 e. The molecule has 0 aliphatic heterocycles. The van der Waals surface area contributed by atoms with E-state index in [9.17, 15) is 19.8 Å². The van der Waals surface area contributed by atoms with E-state index in [2.05, 4.69) is 19.2 Å². The molecule has 0 fully saturated rings. The smallest absolute Gasteiger partial charge is 0.305 e. The van der Waals surface area contributed by atoms with E-state index < -0.39 is 12.1 Å². The van der Waals surface area contributed by atoms with Crippen LogP contribution in [0.2, 0.25) is 0 Å². The van der Waals surface area contributed by atoms with Gasteiger partial charge in [-0.1, -0.05) is 328 Å². The molecular formula is C63H125NO5. The standard InChI is InChI=1S/C63H125NO5/c1-3-5-7-9-11-13-15-32-37-41-45-49-53-57-63(68)69-58-54-50-46-42-38-34-31-29-27-25-23-21-19-17-16-18-20-22-24-26-28-30-33-36-40-44-48-52-56-62(67)64-60(59-65)61(66)55-51-47-43-39-35-14-12-10-8-6-4-2/h60-61,65-66H,3-59H2,1-2H3,(H,64,67). The van der Waals surface area contributed by atoms with Crippen LogP contribution >= 0.6 is 0 Å². The number of esters is 1. The molecule has 0 aliphatic rings. The second-order valence-corrected chi connectivity index (χ2v) is 22.1. The summed E-state index contributed by atoms with van der Waals surface area (Å²) >= 11 is 0. The minimum absolute atomic E-state index is 0.0211. The molecule has 0 bridgehead atoms. The van der Waals surface area contributed by atoms with Gasteiger partial charge in [0, 0.05) is 12.8 Å². The molecule has 6 heteroatoms. The Morgan fingerprint density at radius 1 is 0.348 bits per heavy atom. The van der Waals surface area contributed by atoms with E-state index in [4.69, 9.17) is 4.74 Å². The highest BCUT2D eigenvalue weighted by Gasteiger charge is 2.20. The SMILES string of the molecule is CCCCCCCCCCCCCCCC(=O)OCCCCCCCCCCCCCCCCCCCCCCCCCCCCCCC(=O)NC(CO)C(O)CCCCCCCCCCCCC. The molecule has 1 amide bonds. The number of unbranched alkanes of at least 4 members (excludes halogenated alkanes) is 49. The lowest BCUT2D eigenvalue weighted by Gasteiger charge is -2.22. The lowest BCUT2D eigenvalue weighted by atomic mass is 10.0. The third-order valence-electron chi connectivity index (χ3n) is 15.2. The van der Waals surface area contributed by atoms with Gasteiger partial charge >= 0.3 is 5.97 Å². The zero-order valence-corrected chi connectivity index (χ0v) is 47.1. The van der Waals surface area contributed by atoms with Gasteiger partial charge in [-0.05, 0) is 25.7 Å². The van der Waals surface area contributed by atoms with E-state index in [0.29, 0.717) is 25.9 Å². The van der Waals surface area contributed by atoms with Crippen LogP contribution in [0, 0.1) is 0 Å². The van der Waals surface area contributed by atoms with Crippen LogP contribution in [0.15, 0.2) is 0 Å². The van der Waals surface area contributed by atoms with Crippen LogP contribution in [0.1, 0.15) is 367 Å². The largest absolute Gasteiger partial charge is 0.466 e. The summed E-state index contributed by atoms with van der Waals surface area (Å²) < 4.78 is 5.49. The first-order valence-electron chi connectivity index (χ1n) is 31.8. The molecule has 0 aromatic heterocycles. The second kappa shape index (κ2) is 59.4. The van der Waals surface area contributed by atoms with Crippen molar-refractivity contribution in [3.63, 3.8) is 0 Å². The van der Waals surface area contributed by atoms with Gasteiger partial charge in [0.15, 0.2) is 0 Å². The van der Waals surface area contributed by atoms with Gasteiger partial charge in [-0.25, -0.2) is 0 Å². The lowest BCUT2D eigenvalue weighted by molar-refractivity contribution is -0.143. The Morgan fingerprint density at radius 3 is 0.884 bits per heavy atom. The van der Waals surface area contributed by atoms with Crippen LogP contribution < -0.4 is 5.32 Å². The van der Waals surface area contributed by atoms with Crippen molar-refractivity contribution in [1.29, 1.82) is 0 Å². The zero-order valence-electron chi connectivity index (χ0n) is 47.1. The van der Waals surface area contributed by atoms with Gasteiger partial charge in [-0.2, -0.15) is 0 Å². The molecule has 0 aromatic carbocycles. The maximum atomic E-state index is 12.4. The summed E-state index contributed by atoms with van der Waals surface area (Å²) in [7, 11) is 0. The van der Waals surface area contributed by atoms with Crippen LogP contribution in [0.3, 0.4) is 0 Å². The number of hydrogen-bond donors (Lipinski definition) is 3. The number of ether oxygens (including phenoxy) is 1. The fourth-order valence-corrected chi connectivity index (χ4v) is 10.3. The van der Waals surface area contributed by atoms with Crippen molar-refractivity contribution >= 4 is 11.9 Å². The van der Waals surface area contributed by atoms with Gasteiger partial charge in [0.05, 0.1) is 25.4 Å². The highest BCUT2D eigenvalue weighted by Crippen LogP contribution is 2.19. The molecule has 6 nitrogen and oxygen atoms in total. The Balaban J connectivity index is 3.30. The first kappa shape index (κ1) is 67.9. The average Bonchev–Trinajstić information content (AvgIpc) is 3.35. The zero-order chi connectivity index (χ0) is 50.0. The third-order valence-corrected chi connectivity index (χ3v) is 15.2. The van der Waals surface area contributed by atoms with Crippen molar-refractivity contribution in [3.05, 3.63) is 0 Å². The summed E-state index contributed by atoms with van der Waals surface area (Å²) in [5.74, 6) is -0.00951. The number of hydrogen-bond acceptors (Lipinski definition) is 5. The van der Waals surface area contributed by atoms with Crippen molar-refractivity contribution in [3.8, 4) is 0 Å². The van der Waals surface area contributed by atoms with E-state index in [1.54, 1.807) is 0 Å². The van der Waals surface area contributed by atoms with E-state index >= 15 is 0 Å². The Kier molecular flexibility index (Phi) is 58.4. The van der Waals surface area contributed by atoms with Gasteiger partial charge in [-0.15, -0.1) is 0 Å². The van der Waals surface area contributed by atoms with E-state index in [-0.39, 0.29) is 18.5 Å². The van der Waals surface area contributed by atoms with E-state index in [1.165, 1.54) is 295 Å². The third kappa shape index (κ3) is 56.0. The summed E-state index contributed by atoms with van der Waals surface area (Å²) in [6.07, 6.45) is 69.9. The average molecular weight is 977 g/mol. The van der Waals surface area contributed by atoms with E-state index in [1.807, 2.05) is 0 Å². The van der Waals surface area contributed by atoms with Gasteiger partial charge in [-0.3, -0.25) is 9.59 Å². The summed E-state index contributed by atoms with van der Waals surface area (Å²) in [6, 6.07) is -0.536. The van der Waals surface area contributed by atoms with Crippen LogP contribution in [0.5, 0.6) is 0 Å². The summed E-state index contributed by atoms with van der Waals surface area (Å²) in [5, 5.41) is 23.2. The molecule has 2 unspecified atom stereocenters. The Labute approximate surface area is 432 Å². The Morgan fingerprint density at radius 2 is 0.594 bits per heavy atom. The number of aliphatic hydroxyl groups excluding tert-OH is 2. The fourth-order valence-electron chi connectivity index (χ4n) is 10.3. The summed E-state index contributed by atoms with van der Waals surface area (Å²) in [6.45, 7) is 4.98. The molecular weight excluding hydrogens is 851 g/mol.